The van der Waals surface area contributed by atoms with Crippen LogP contribution in [0.3, 0.4) is 0 Å². The van der Waals surface area contributed by atoms with Gasteiger partial charge in [-0.15, -0.1) is 5.10 Å². The van der Waals surface area contributed by atoms with Crippen LogP contribution in [0.2, 0.25) is 0 Å². The van der Waals surface area contributed by atoms with E-state index in [-0.39, 0.29) is 17.2 Å². The van der Waals surface area contributed by atoms with E-state index in [1.54, 1.807) is 24.3 Å². The zero-order chi connectivity index (χ0) is 22.0. The standard InChI is InChI=1S/C23H28F2N6/c1-4-23(2,3)31-22(26-27-28-31)21(17-9-5-6-10-18(17)24)30-15-13-29(14-16-30)20-12-8-7-11-19(20)25/h5-12,21H,4,13-16H2,1-3H3/t21-/m0/s1. The molecule has 1 aliphatic rings. The van der Waals surface area contributed by atoms with Gasteiger partial charge in [-0.1, -0.05) is 37.3 Å². The molecule has 2 aromatic carbocycles. The molecule has 0 radical (unpaired) electrons. The van der Waals surface area contributed by atoms with E-state index in [9.17, 15) is 8.78 Å². The van der Waals surface area contributed by atoms with Crippen molar-refractivity contribution in [2.24, 2.45) is 0 Å². The topological polar surface area (TPSA) is 50.1 Å². The number of aromatic nitrogens is 4. The molecule has 31 heavy (non-hydrogen) atoms. The van der Waals surface area contributed by atoms with Crippen molar-refractivity contribution in [2.75, 3.05) is 31.1 Å². The Morgan fingerprint density at radius 1 is 0.935 bits per heavy atom. The molecule has 1 fully saturated rings. The van der Waals surface area contributed by atoms with Crippen molar-refractivity contribution < 1.29 is 8.78 Å². The molecule has 3 aromatic rings. The largest absolute Gasteiger partial charge is 0.367 e. The summed E-state index contributed by atoms with van der Waals surface area (Å²) in [6.45, 7) is 8.74. The summed E-state index contributed by atoms with van der Waals surface area (Å²) in [7, 11) is 0. The van der Waals surface area contributed by atoms with Gasteiger partial charge in [-0.2, -0.15) is 0 Å². The van der Waals surface area contributed by atoms with Crippen LogP contribution in [0.1, 0.15) is 44.6 Å². The first-order valence-electron chi connectivity index (χ1n) is 10.7. The maximum Gasteiger partial charge on any atom is 0.173 e. The second-order valence-electron chi connectivity index (χ2n) is 8.51. The number of hydrogen-bond donors (Lipinski definition) is 0. The molecule has 2 heterocycles. The molecule has 1 atom stereocenters. The molecule has 1 saturated heterocycles. The highest BCUT2D eigenvalue weighted by Crippen LogP contribution is 2.33. The number of piperazine rings is 1. The maximum absolute atomic E-state index is 14.9. The number of benzene rings is 2. The third-order valence-corrected chi connectivity index (χ3v) is 6.25. The first kappa shape index (κ1) is 21.4. The molecule has 0 bridgehead atoms. The molecule has 8 heteroatoms. The average Bonchev–Trinajstić information content (AvgIpc) is 3.27. The quantitative estimate of drug-likeness (QED) is 0.596. The van der Waals surface area contributed by atoms with Gasteiger partial charge in [0.15, 0.2) is 5.82 Å². The Morgan fingerprint density at radius 3 is 2.23 bits per heavy atom. The lowest BCUT2D eigenvalue weighted by Gasteiger charge is -2.40. The summed E-state index contributed by atoms with van der Waals surface area (Å²) in [5, 5.41) is 12.5. The fourth-order valence-electron chi connectivity index (χ4n) is 4.07. The van der Waals surface area contributed by atoms with Crippen molar-refractivity contribution in [1.82, 2.24) is 25.1 Å². The highest BCUT2D eigenvalue weighted by atomic mass is 19.1. The summed E-state index contributed by atoms with van der Waals surface area (Å²) < 4.78 is 31.0. The summed E-state index contributed by atoms with van der Waals surface area (Å²) >= 11 is 0. The van der Waals surface area contributed by atoms with Gasteiger partial charge in [0.05, 0.1) is 11.2 Å². The average molecular weight is 427 g/mol. The Hall–Kier alpha value is -2.87. The van der Waals surface area contributed by atoms with E-state index in [0.717, 1.165) is 6.42 Å². The first-order chi connectivity index (χ1) is 14.9. The first-order valence-corrected chi connectivity index (χ1v) is 10.7. The van der Waals surface area contributed by atoms with Gasteiger partial charge in [0, 0.05) is 31.7 Å². The Bertz CT molecular complexity index is 1030. The zero-order valence-corrected chi connectivity index (χ0v) is 18.2. The van der Waals surface area contributed by atoms with E-state index in [2.05, 4.69) is 41.2 Å². The van der Waals surface area contributed by atoms with Gasteiger partial charge in [0.1, 0.15) is 17.7 Å². The number of nitrogens with zero attached hydrogens (tertiary/aromatic N) is 6. The lowest BCUT2D eigenvalue weighted by Crippen LogP contribution is -2.49. The van der Waals surface area contributed by atoms with Crippen LogP contribution in [0.25, 0.3) is 0 Å². The smallest absolute Gasteiger partial charge is 0.173 e. The van der Waals surface area contributed by atoms with Crippen LogP contribution in [-0.2, 0) is 5.54 Å². The molecule has 6 nitrogen and oxygen atoms in total. The van der Waals surface area contributed by atoms with Crippen LogP contribution in [0.5, 0.6) is 0 Å². The molecule has 1 aromatic heterocycles. The van der Waals surface area contributed by atoms with Crippen LogP contribution in [0, 0.1) is 11.6 Å². The molecule has 0 spiro atoms. The van der Waals surface area contributed by atoms with Crippen molar-refractivity contribution >= 4 is 5.69 Å². The van der Waals surface area contributed by atoms with Gasteiger partial charge < -0.3 is 4.90 Å². The summed E-state index contributed by atoms with van der Waals surface area (Å²) in [6.07, 6.45) is 0.829. The van der Waals surface area contributed by atoms with Crippen molar-refractivity contribution in [1.29, 1.82) is 0 Å². The molecule has 1 aliphatic heterocycles. The van der Waals surface area contributed by atoms with Crippen molar-refractivity contribution in [3.63, 3.8) is 0 Å². The highest BCUT2D eigenvalue weighted by molar-refractivity contribution is 5.48. The summed E-state index contributed by atoms with van der Waals surface area (Å²) in [5.41, 5.74) is 0.837. The number of rotatable bonds is 6. The minimum absolute atomic E-state index is 0.227. The molecular formula is C23H28F2N6. The second-order valence-corrected chi connectivity index (χ2v) is 8.51. The predicted octanol–water partition coefficient (Wildman–Crippen LogP) is 4.01. The maximum atomic E-state index is 14.9. The number of hydrogen-bond acceptors (Lipinski definition) is 5. The van der Waals surface area contributed by atoms with E-state index >= 15 is 0 Å². The lowest BCUT2D eigenvalue weighted by atomic mass is 9.98. The van der Waals surface area contributed by atoms with Crippen LogP contribution in [0.4, 0.5) is 14.5 Å². The van der Waals surface area contributed by atoms with Gasteiger partial charge >= 0.3 is 0 Å². The third kappa shape index (κ3) is 4.17. The van der Waals surface area contributed by atoms with Crippen LogP contribution in [-0.4, -0.2) is 51.3 Å². The molecule has 0 unspecified atom stereocenters. The van der Waals surface area contributed by atoms with E-state index in [1.165, 1.54) is 12.1 Å². The number of halogens is 2. The molecule has 0 N–H and O–H groups in total. The molecule has 0 saturated carbocycles. The fourth-order valence-corrected chi connectivity index (χ4v) is 4.07. The van der Waals surface area contributed by atoms with Crippen LogP contribution < -0.4 is 4.90 Å². The van der Waals surface area contributed by atoms with Crippen molar-refractivity contribution in [2.45, 2.75) is 38.8 Å². The van der Waals surface area contributed by atoms with Gasteiger partial charge in [-0.3, -0.25) is 4.90 Å². The van der Waals surface area contributed by atoms with E-state index in [4.69, 9.17) is 0 Å². The monoisotopic (exact) mass is 426 g/mol. The van der Waals surface area contributed by atoms with E-state index < -0.39 is 6.04 Å². The summed E-state index contributed by atoms with van der Waals surface area (Å²) in [5.74, 6) is 0.111. The van der Waals surface area contributed by atoms with E-state index in [1.807, 2.05) is 21.7 Å². The van der Waals surface area contributed by atoms with Crippen LogP contribution in [0.15, 0.2) is 48.5 Å². The lowest BCUT2D eigenvalue weighted by molar-refractivity contribution is 0.184. The van der Waals surface area contributed by atoms with Gasteiger partial charge in [-0.05, 0) is 48.9 Å². The van der Waals surface area contributed by atoms with Gasteiger partial charge in [-0.25, -0.2) is 13.5 Å². The summed E-state index contributed by atoms with van der Waals surface area (Å²) in [6, 6.07) is 13.2. The SMILES string of the molecule is CCC(C)(C)n1nnnc1[C@H](c1ccccc1F)N1CCN(c2ccccc2F)CC1. The molecular weight excluding hydrogens is 398 g/mol. The number of para-hydroxylation sites is 1. The second kappa shape index (κ2) is 8.70. The molecule has 4 rings (SSSR count). The number of tetrazole rings is 1. The predicted molar refractivity (Wildman–Crippen MR) is 116 cm³/mol. The zero-order valence-electron chi connectivity index (χ0n) is 18.2. The third-order valence-electron chi connectivity index (χ3n) is 6.25. The minimum atomic E-state index is -0.426. The van der Waals surface area contributed by atoms with Crippen molar-refractivity contribution in [3.8, 4) is 0 Å². The molecule has 0 aliphatic carbocycles. The number of anilines is 1. The fraction of sp³-hybridized carbons (Fsp3) is 0.435. The Morgan fingerprint density at radius 2 is 1.58 bits per heavy atom. The van der Waals surface area contributed by atoms with Crippen LogP contribution >= 0.6 is 0 Å². The van der Waals surface area contributed by atoms with Gasteiger partial charge in [0.2, 0.25) is 0 Å². The highest BCUT2D eigenvalue weighted by Gasteiger charge is 2.35. The summed E-state index contributed by atoms with van der Waals surface area (Å²) in [4.78, 5) is 4.22. The van der Waals surface area contributed by atoms with Crippen molar-refractivity contribution in [3.05, 3.63) is 71.6 Å². The Kier molecular flexibility index (Phi) is 6.00. The molecule has 164 valence electrons. The van der Waals surface area contributed by atoms with E-state index in [0.29, 0.717) is 43.3 Å². The Balaban J connectivity index is 1.67. The Labute approximate surface area is 181 Å². The molecule has 0 amide bonds. The minimum Gasteiger partial charge on any atom is -0.367 e. The van der Waals surface area contributed by atoms with Gasteiger partial charge in [0.25, 0.3) is 0 Å². The normalized spacial score (nSPS) is 16.5.